The fourth-order valence-electron chi connectivity index (χ4n) is 2.36. The minimum absolute atomic E-state index is 0.172. The van der Waals surface area contributed by atoms with Crippen LogP contribution in [0.25, 0.3) is 0 Å². The van der Waals surface area contributed by atoms with Crippen molar-refractivity contribution in [3.63, 3.8) is 0 Å². The van der Waals surface area contributed by atoms with Gasteiger partial charge in [-0.2, -0.15) is 5.26 Å². The maximum atomic E-state index is 12.1. The molecule has 0 spiro atoms. The first-order valence-corrected chi connectivity index (χ1v) is 6.25. The van der Waals surface area contributed by atoms with E-state index in [2.05, 4.69) is 11.9 Å². The smallest absolute Gasteiger partial charge is 0.319 e. The molecule has 0 aliphatic carbocycles. The van der Waals surface area contributed by atoms with Gasteiger partial charge in [-0.05, 0) is 18.6 Å². The molecule has 0 fully saturated rings. The van der Waals surface area contributed by atoms with Crippen molar-refractivity contribution in [3.8, 4) is 6.07 Å². The normalized spacial score (nSPS) is 20.3. The van der Waals surface area contributed by atoms with Gasteiger partial charge >= 0.3 is 5.97 Å². The summed E-state index contributed by atoms with van der Waals surface area (Å²) in [6.07, 6.45) is 0. The van der Waals surface area contributed by atoms with Crippen molar-refractivity contribution in [2.45, 2.75) is 12.8 Å². The molecule has 0 saturated carbocycles. The lowest BCUT2D eigenvalue weighted by Gasteiger charge is -2.31. The Bertz CT molecular complexity index is 616. The number of amides is 1. The maximum absolute atomic E-state index is 12.1. The summed E-state index contributed by atoms with van der Waals surface area (Å²) in [4.78, 5) is 24.2. The van der Waals surface area contributed by atoms with Gasteiger partial charge < -0.3 is 10.1 Å². The number of rotatable bonds is 3. The van der Waals surface area contributed by atoms with Gasteiger partial charge in [0.15, 0.2) is 0 Å². The standard InChI is InChI=1S/C15H14N2O3/c1-3-20-15(19)13-12(9(2)8-16)10-6-4-5-7-11(10)17-14(13)18/h4-7,12-13H,2-3H2,1H3,(H,17,18)/t12-,13+/m1/s1. The molecule has 1 heterocycles. The fraction of sp³-hybridized carbons (Fsp3) is 0.267. The number of nitrogens with one attached hydrogen (secondary N) is 1. The minimum atomic E-state index is -1.07. The number of hydrogen-bond acceptors (Lipinski definition) is 4. The second-order valence-electron chi connectivity index (χ2n) is 4.42. The van der Waals surface area contributed by atoms with Gasteiger partial charge in [0.25, 0.3) is 0 Å². The monoisotopic (exact) mass is 270 g/mol. The van der Waals surface area contributed by atoms with E-state index in [-0.39, 0.29) is 12.2 Å². The third-order valence-electron chi connectivity index (χ3n) is 3.23. The Hall–Kier alpha value is -2.61. The summed E-state index contributed by atoms with van der Waals surface area (Å²) < 4.78 is 4.94. The zero-order valence-electron chi connectivity index (χ0n) is 11.1. The maximum Gasteiger partial charge on any atom is 0.319 e. The molecular weight excluding hydrogens is 256 g/mol. The van der Waals surface area contributed by atoms with Gasteiger partial charge in [-0.1, -0.05) is 24.8 Å². The largest absolute Gasteiger partial charge is 0.465 e. The topological polar surface area (TPSA) is 79.2 Å². The van der Waals surface area contributed by atoms with Crippen LogP contribution in [0, 0.1) is 17.2 Å². The quantitative estimate of drug-likeness (QED) is 0.517. The van der Waals surface area contributed by atoms with E-state index in [0.717, 1.165) is 0 Å². The number of esters is 1. The van der Waals surface area contributed by atoms with Crippen molar-refractivity contribution in [1.29, 1.82) is 5.26 Å². The van der Waals surface area contributed by atoms with Crippen LogP contribution in [0.4, 0.5) is 5.69 Å². The number of carbonyl (C=O) groups excluding carboxylic acids is 2. The number of anilines is 1. The number of fused-ring (bicyclic) bond motifs is 1. The van der Waals surface area contributed by atoms with Crippen LogP contribution in [-0.4, -0.2) is 18.5 Å². The molecular formula is C15H14N2O3. The molecule has 1 amide bonds. The third kappa shape index (κ3) is 2.28. The van der Waals surface area contributed by atoms with Gasteiger partial charge in [0.2, 0.25) is 5.91 Å². The van der Waals surface area contributed by atoms with Crippen molar-refractivity contribution in [1.82, 2.24) is 0 Å². The number of hydrogen-bond donors (Lipinski definition) is 1. The third-order valence-corrected chi connectivity index (χ3v) is 3.23. The van der Waals surface area contributed by atoms with Crippen LogP contribution in [-0.2, 0) is 14.3 Å². The van der Waals surface area contributed by atoms with Gasteiger partial charge in [-0.25, -0.2) is 0 Å². The molecule has 5 heteroatoms. The van der Waals surface area contributed by atoms with E-state index in [0.29, 0.717) is 11.3 Å². The first-order chi connectivity index (χ1) is 9.60. The van der Waals surface area contributed by atoms with Crippen molar-refractivity contribution in [2.75, 3.05) is 11.9 Å². The molecule has 20 heavy (non-hydrogen) atoms. The van der Waals surface area contributed by atoms with Gasteiger partial charge in [-0.15, -0.1) is 0 Å². The van der Waals surface area contributed by atoms with Crippen LogP contribution in [0.1, 0.15) is 18.4 Å². The van der Waals surface area contributed by atoms with E-state index < -0.39 is 23.7 Å². The molecule has 1 aliphatic rings. The molecule has 1 N–H and O–H groups in total. The molecule has 2 atom stereocenters. The van der Waals surface area contributed by atoms with Crippen LogP contribution in [0.5, 0.6) is 0 Å². The number of benzene rings is 1. The lowest BCUT2D eigenvalue weighted by atomic mass is 9.77. The molecule has 1 aliphatic heterocycles. The highest BCUT2D eigenvalue weighted by molar-refractivity contribution is 6.08. The lowest BCUT2D eigenvalue weighted by molar-refractivity contribution is -0.151. The second-order valence-corrected chi connectivity index (χ2v) is 4.42. The highest BCUT2D eigenvalue weighted by atomic mass is 16.5. The van der Waals surface area contributed by atoms with E-state index in [1.165, 1.54) is 0 Å². The summed E-state index contributed by atoms with van der Waals surface area (Å²) in [5.41, 5.74) is 1.47. The number of nitrogens with zero attached hydrogens (tertiary/aromatic N) is 1. The molecule has 0 unspecified atom stereocenters. The SMILES string of the molecule is C=C(C#N)[C@@H]1c2ccccc2NC(=O)[C@H]1C(=O)OCC. The van der Waals surface area contributed by atoms with E-state index in [1.807, 2.05) is 6.07 Å². The van der Waals surface area contributed by atoms with Crippen molar-refractivity contribution < 1.29 is 14.3 Å². The first kappa shape index (κ1) is 13.8. The molecule has 2 rings (SSSR count). The predicted octanol–water partition coefficient (Wildman–Crippen LogP) is 1.98. The van der Waals surface area contributed by atoms with Crippen LogP contribution in [0.2, 0.25) is 0 Å². The lowest BCUT2D eigenvalue weighted by Crippen LogP contribution is -2.40. The molecule has 0 radical (unpaired) electrons. The predicted molar refractivity (Wildman–Crippen MR) is 72.7 cm³/mol. The summed E-state index contributed by atoms with van der Waals surface area (Å²) in [5, 5.41) is 11.8. The molecule has 102 valence electrons. The number of para-hydroxylation sites is 1. The minimum Gasteiger partial charge on any atom is -0.465 e. The fourth-order valence-corrected chi connectivity index (χ4v) is 2.36. The van der Waals surface area contributed by atoms with Gasteiger partial charge in [-0.3, -0.25) is 9.59 Å². The Balaban J connectivity index is 2.52. The molecule has 0 aromatic heterocycles. The van der Waals surface area contributed by atoms with Gasteiger partial charge in [0.1, 0.15) is 5.92 Å². The molecule has 5 nitrogen and oxygen atoms in total. The first-order valence-electron chi connectivity index (χ1n) is 6.25. The number of carbonyl (C=O) groups is 2. The Morgan fingerprint density at radius 2 is 2.15 bits per heavy atom. The van der Waals surface area contributed by atoms with E-state index in [9.17, 15) is 9.59 Å². The van der Waals surface area contributed by atoms with E-state index >= 15 is 0 Å². The highest BCUT2D eigenvalue weighted by Crippen LogP contribution is 2.40. The summed E-state index contributed by atoms with van der Waals surface area (Å²) in [6.45, 7) is 5.52. The summed E-state index contributed by atoms with van der Waals surface area (Å²) in [7, 11) is 0. The van der Waals surface area contributed by atoms with Crippen molar-refractivity contribution >= 4 is 17.6 Å². The summed E-state index contributed by atoms with van der Waals surface area (Å²) >= 11 is 0. The second kappa shape index (κ2) is 5.57. The summed E-state index contributed by atoms with van der Waals surface area (Å²) in [6, 6.07) is 9.00. The summed E-state index contributed by atoms with van der Waals surface area (Å²) in [5.74, 6) is -2.86. The molecule has 0 bridgehead atoms. The number of ether oxygens (including phenoxy) is 1. The number of nitriles is 1. The van der Waals surface area contributed by atoms with Crippen LogP contribution < -0.4 is 5.32 Å². The average molecular weight is 270 g/mol. The van der Waals surface area contributed by atoms with Crippen LogP contribution in [0.15, 0.2) is 36.4 Å². The van der Waals surface area contributed by atoms with Crippen molar-refractivity contribution in [2.24, 2.45) is 5.92 Å². The zero-order chi connectivity index (χ0) is 14.7. The van der Waals surface area contributed by atoms with Gasteiger partial charge in [0, 0.05) is 17.2 Å². The Kier molecular flexibility index (Phi) is 3.85. The Morgan fingerprint density at radius 3 is 2.80 bits per heavy atom. The molecule has 1 aromatic carbocycles. The van der Waals surface area contributed by atoms with Crippen LogP contribution >= 0.6 is 0 Å². The van der Waals surface area contributed by atoms with E-state index in [4.69, 9.17) is 10.00 Å². The Morgan fingerprint density at radius 1 is 1.45 bits per heavy atom. The van der Waals surface area contributed by atoms with Crippen molar-refractivity contribution in [3.05, 3.63) is 42.0 Å². The highest BCUT2D eigenvalue weighted by Gasteiger charge is 2.43. The average Bonchev–Trinajstić information content (AvgIpc) is 2.45. The van der Waals surface area contributed by atoms with E-state index in [1.54, 1.807) is 31.2 Å². The molecule has 1 aromatic rings. The zero-order valence-corrected chi connectivity index (χ0v) is 11.1. The Labute approximate surface area is 116 Å². The number of allylic oxidation sites excluding steroid dienone is 1. The van der Waals surface area contributed by atoms with Gasteiger partial charge in [0.05, 0.1) is 12.7 Å². The molecule has 0 saturated heterocycles. The van der Waals surface area contributed by atoms with Crippen LogP contribution in [0.3, 0.4) is 0 Å².